The average molecular weight is 192 g/mol. The van der Waals surface area contributed by atoms with E-state index in [2.05, 4.69) is 42.2 Å². The Balaban J connectivity index is 2.38. The summed E-state index contributed by atoms with van der Waals surface area (Å²) in [5, 5.41) is 1.19. The van der Waals surface area contributed by atoms with Crippen LogP contribution in [-0.4, -0.2) is 24.0 Å². The molecule has 13 heavy (non-hydrogen) atoms. The van der Waals surface area contributed by atoms with Gasteiger partial charge in [-0.3, -0.25) is 0 Å². The number of nitrogens with zero attached hydrogens (tertiary/aromatic N) is 2. The molecule has 0 saturated carbocycles. The zero-order valence-electron chi connectivity index (χ0n) is 7.82. The van der Waals surface area contributed by atoms with Crippen LogP contribution in [0.3, 0.4) is 0 Å². The van der Waals surface area contributed by atoms with Gasteiger partial charge in [-0.15, -0.1) is 11.3 Å². The smallest absolute Gasteiger partial charge is 0.108 e. The first-order valence-corrected chi connectivity index (χ1v) is 5.06. The van der Waals surface area contributed by atoms with E-state index in [9.17, 15) is 0 Å². The van der Waals surface area contributed by atoms with Crippen LogP contribution in [0.5, 0.6) is 0 Å². The van der Waals surface area contributed by atoms with Crippen molar-refractivity contribution in [2.24, 2.45) is 0 Å². The minimum Gasteiger partial charge on any atom is -0.303 e. The van der Waals surface area contributed by atoms with E-state index < -0.39 is 0 Å². The van der Waals surface area contributed by atoms with Crippen molar-refractivity contribution in [2.45, 2.75) is 6.54 Å². The van der Waals surface area contributed by atoms with Crippen LogP contribution in [0.15, 0.2) is 24.3 Å². The third-order valence-electron chi connectivity index (χ3n) is 1.79. The molecule has 2 aromatic rings. The molecular weight excluding hydrogens is 180 g/mol. The van der Waals surface area contributed by atoms with Gasteiger partial charge in [0.1, 0.15) is 5.01 Å². The Labute approximate surface area is 81.8 Å². The molecule has 68 valence electrons. The quantitative estimate of drug-likeness (QED) is 0.726. The molecule has 0 radical (unpaired) electrons. The van der Waals surface area contributed by atoms with Crippen LogP contribution in [0.4, 0.5) is 0 Å². The van der Waals surface area contributed by atoms with Gasteiger partial charge in [0.05, 0.1) is 10.2 Å². The normalized spacial score (nSPS) is 11.3. The largest absolute Gasteiger partial charge is 0.303 e. The fraction of sp³-hybridized carbons (Fsp3) is 0.300. The van der Waals surface area contributed by atoms with E-state index in [4.69, 9.17) is 0 Å². The molecule has 1 aromatic heterocycles. The number of hydrogen-bond donors (Lipinski definition) is 0. The number of benzene rings is 1. The van der Waals surface area contributed by atoms with Gasteiger partial charge in [-0.25, -0.2) is 4.98 Å². The lowest BCUT2D eigenvalue weighted by molar-refractivity contribution is 0.402. The van der Waals surface area contributed by atoms with Gasteiger partial charge in [-0.05, 0) is 26.2 Å². The van der Waals surface area contributed by atoms with E-state index in [1.807, 2.05) is 6.07 Å². The van der Waals surface area contributed by atoms with Crippen molar-refractivity contribution >= 4 is 21.6 Å². The van der Waals surface area contributed by atoms with Crippen LogP contribution in [0.1, 0.15) is 5.01 Å². The molecule has 0 N–H and O–H groups in total. The van der Waals surface area contributed by atoms with Crippen molar-refractivity contribution in [1.29, 1.82) is 0 Å². The first kappa shape index (κ1) is 8.66. The van der Waals surface area contributed by atoms with Gasteiger partial charge >= 0.3 is 0 Å². The minimum atomic E-state index is 0.930. The number of fused-ring (bicyclic) bond motifs is 1. The Morgan fingerprint density at radius 3 is 2.77 bits per heavy atom. The molecule has 1 heterocycles. The third kappa shape index (κ3) is 1.87. The molecule has 0 spiro atoms. The van der Waals surface area contributed by atoms with Crippen molar-refractivity contribution in [2.75, 3.05) is 14.1 Å². The number of rotatable bonds is 2. The Kier molecular flexibility index (Phi) is 2.29. The second-order valence-corrected chi connectivity index (χ2v) is 4.43. The van der Waals surface area contributed by atoms with Crippen LogP contribution >= 0.6 is 11.3 Å². The molecule has 0 amide bonds. The standard InChI is InChI=1S/C10H12N2S/c1-12(2)7-10-11-8-5-3-4-6-9(8)13-10/h3-6H,7H2,1-2H3. The van der Waals surface area contributed by atoms with Crippen molar-refractivity contribution in [3.63, 3.8) is 0 Å². The minimum absolute atomic E-state index is 0.930. The van der Waals surface area contributed by atoms with Crippen LogP contribution in [0.25, 0.3) is 10.2 Å². The summed E-state index contributed by atoms with van der Waals surface area (Å²) in [7, 11) is 4.12. The summed E-state index contributed by atoms with van der Waals surface area (Å²) in [5.41, 5.74) is 1.12. The predicted molar refractivity (Wildman–Crippen MR) is 57.0 cm³/mol. The maximum atomic E-state index is 4.53. The van der Waals surface area contributed by atoms with Crippen LogP contribution in [0, 0.1) is 0 Å². The Bertz CT molecular complexity index is 373. The number of thiazole rings is 1. The summed E-state index contributed by atoms with van der Waals surface area (Å²) in [6.45, 7) is 0.930. The molecule has 0 aliphatic rings. The lowest BCUT2D eigenvalue weighted by Crippen LogP contribution is -2.09. The maximum absolute atomic E-state index is 4.53. The molecule has 0 fully saturated rings. The molecule has 1 aromatic carbocycles. The van der Waals surface area contributed by atoms with Gasteiger partial charge in [-0.1, -0.05) is 12.1 Å². The molecular formula is C10H12N2S. The van der Waals surface area contributed by atoms with E-state index >= 15 is 0 Å². The average Bonchev–Trinajstić information content (AvgIpc) is 2.44. The van der Waals surface area contributed by atoms with Gasteiger partial charge in [0.2, 0.25) is 0 Å². The lowest BCUT2D eigenvalue weighted by Gasteiger charge is -2.04. The van der Waals surface area contributed by atoms with Gasteiger partial charge in [-0.2, -0.15) is 0 Å². The highest BCUT2D eigenvalue weighted by Gasteiger charge is 2.02. The predicted octanol–water partition coefficient (Wildman–Crippen LogP) is 2.36. The Hall–Kier alpha value is -0.930. The monoisotopic (exact) mass is 192 g/mol. The van der Waals surface area contributed by atoms with Crippen molar-refractivity contribution in [3.8, 4) is 0 Å². The third-order valence-corrected chi connectivity index (χ3v) is 2.81. The van der Waals surface area contributed by atoms with Crippen molar-refractivity contribution in [3.05, 3.63) is 29.3 Å². The molecule has 0 unspecified atom stereocenters. The zero-order valence-corrected chi connectivity index (χ0v) is 8.64. The van der Waals surface area contributed by atoms with Gasteiger partial charge in [0.15, 0.2) is 0 Å². The molecule has 3 heteroatoms. The second kappa shape index (κ2) is 3.44. The summed E-state index contributed by atoms with van der Waals surface area (Å²) >= 11 is 1.77. The molecule has 0 atom stereocenters. The summed E-state index contributed by atoms with van der Waals surface area (Å²) in [5.74, 6) is 0. The highest BCUT2D eigenvalue weighted by atomic mass is 32.1. The first-order valence-electron chi connectivity index (χ1n) is 4.25. The molecule has 2 rings (SSSR count). The maximum Gasteiger partial charge on any atom is 0.108 e. The highest BCUT2D eigenvalue weighted by Crippen LogP contribution is 2.21. The summed E-state index contributed by atoms with van der Waals surface area (Å²) in [4.78, 5) is 6.67. The van der Waals surface area contributed by atoms with Gasteiger partial charge in [0.25, 0.3) is 0 Å². The summed E-state index contributed by atoms with van der Waals surface area (Å²) in [6.07, 6.45) is 0. The molecule has 2 nitrogen and oxygen atoms in total. The van der Waals surface area contributed by atoms with E-state index in [0.717, 1.165) is 12.1 Å². The summed E-state index contributed by atoms with van der Waals surface area (Å²) in [6, 6.07) is 8.26. The number of aromatic nitrogens is 1. The Morgan fingerprint density at radius 1 is 1.31 bits per heavy atom. The fourth-order valence-electron chi connectivity index (χ4n) is 1.26. The van der Waals surface area contributed by atoms with E-state index in [1.165, 1.54) is 9.71 Å². The van der Waals surface area contributed by atoms with E-state index in [1.54, 1.807) is 11.3 Å². The Morgan fingerprint density at radius 2 is 2.08 bits per heavy atom. The van der Waals surface area contributed by atoms with E-state index in [0.29, 0.717) is 0 Å². The van der Waals surface area contributed by atoms with Crippen molar-refractivity contribution < 1.29 is 0 Å². The lowest BCUT2D eigenvalue weighted by atomic mass is 10.3. The van der Waals surface area contributed by atoms with E-state index in [-0.39, 0.29) is 0 Å². The van der Waals surface area contributed by atoms with Crippen LogP contribution in [-0.2, 0) is 6.54 Å². The van der Waals surface area contributed by atoms with Gasteiger partial charge in [0, 0.05) is 6.54 Å². The molecule has 0 saturated heterocycles. The second-order valence-electron chi connectivity index (χ2n) is 3.31. The van der Waals surface area contributed by atoms with Crippen LogP contribution in [0.2, 0.25) is 0 Å². The molecule has 0 aliphatic carbocycles. The number of para-hydroxylation sites is 1. The topological polar surface area (TPSA) is 16.1 Å². The van der Waals surface area contributed by atoms with Crippen LogP contribution < -0.4 is 0 Å². The zero-order chi connectivity index (χ0) is 9.26. The first-order chi connectivity index (χ1) is 6.25. The SMILES string of the molecule is CN(C)Cc1nc2ccccc2s1. The molecule has 0 aliphatic heterocycles. The summed E-state index contributed by atoms with van der Waals surface area (Å²) < 4.78 is 1.28. The molecule has 0 bridgehead atoms. The fourth-order valence-corrected chi connectivity index (χ4v) is 2.34. The van der Waals surface area contributed by atoms with Crippen molar-refractivity contribution in [1.82, 2.24) is 9.88 Å². The highest BCUT2D eigenvalue weighted by molar-refractivity contribution is 7.18. The number of hydrogen-bond acceptors (Lipinski definition) is 3. The van der Waals surface area contributed by atoms with Gasteiger partial charge < -0.3 is 4.90 Å².